The molecule has 0 aromatic carbocycles. The van der Waals surface area contributed by atoms with Gasteiger partial charge in [-0.05, 0) is 13.8 Å². The lowest BCUT2D eigenvalue weighted by molar-refractivity contribution is -0.107. The van der Waals surface area contributed by atoms with Crippen LogP contribution in [0.25, 0.3) is 0 Å². The number of hydrogen-bond donors (Lipinski definition) is 1. The zero-order valence-electron chi connectivity index (χ0n) is 6.55. The second kappa shape index (κ2) is 2.41. The summed E-state index contributed by atoms with van der Waals surface area (Å²) in [6.45, 7) is 6.96. The Morgan fingerprint density at radius 1 is 1.73 bits per heavy atom. The third-order valence-corrected chi connectivity index (χ3v) is 3.10. The molecule has 0 fully saturated rings. The third-order valence-electron chi connectivity index (χ3n) is 1.83. The average Bonchev–Trinajstić information content (AvgIpc) is 2.17. The maximum Gasteiger partial charge on any atom is 0.219 e. The molecule has 1 rings (SSSR count). The predicted molar refractivity (Wildman–Crippen MR) is 46.5 cm³/mol. The lowest BCUT2D eigenvalue weighted by Gasteiger charge is -2.16. The summed E-state index contributed by atoms with van der Waals surface area (Å²) in [5.41, 5.74) is 0.442. The van der Waals surface area contributed by atoms with Crippen molar-refractivity contribution >= 4 is 16.9 Å². The molecule has 0 saturated carbocycles. The van der Waals surface area contributed by atoms with E-state index in [0.717, 1.165) is 11.8 Å². The van der Waals surface area contributed by atoms with Gasteiger partial charge < -0.3 is 5.11 Å². The molecule has 0 radical (unpaired) electrons. The van der Waals surface area contributed by atoms with Crippen LogP contribution in [0.5, 0.6) is 0 Å². The van der Waals surface area contributed by atoms with Crippen molar-refractivity contribution in [1.29, 1.82) is 0 Å². The lowest BCUT2D eigenvalue weighted by Crippen LogP contribution is -2.15. The minimum Gasteiger partial charge on any atom is -0.510 e. The Balaban J connectivity index is 3.12. The number of carbonyl (C=O) groups excluding carboxylic acids is 1. The van der Waals surface area contributed by atoms with E-state index in [4.69, 9.17) is 0 Å². The zero-order valence-corrected chi connectivity index (χ0v) is 7.36. The van der Waals surface area contributed by atoms with Crippen LogP contribution in [0, 0.1) is 0 Å². The van der Waals surface area contributed by atoms with E-state index in [-0.39, 0.29) is 10.9 Å². The van der Waals surface area contributed by atoms with Crippen LogP contribution < -0.4 is 0 Å². The van der Waals surface area contributed by atoms with E-state index in [9.17, 15) is 9.90 Å². The van der Waals surface area contributed by atoms with Crippen molar-refractivity contribution in [3.05, 3.63) is 24.0 Å². The zero-order chi connectivity index (χ0) is 8.65. The molecule has 1 heterocycles. The largest absolute Gasteiger partial charge is 0.510 e. The van der Waals surface area contributed by atoms with Gasteiger partial charge in [-0.15, -0.1) is 6.58 Å². The van der Waals surface area contributed by atoms with Crippen LogP contribution in [0.4, 0.5) is 0 Å². The number of carbonyl (C=O) groups is 1. The van der Waals surface area contributed by atoms with Gasteiger partial charge in [0.15, 0.2) is 0 Å². The van der Waals surface area contributed by atoms with Gasteiger partial charge in [-0.1, -0.05) is 17.8 Å². The maximum absolute atomic E-state index is 11.1. The standard InChI is InChI=1S/C8H10O2S/c1-4-8(3)6(9)5(2)7(10)11-8/h4,9H,1H2,2-3H3/t8-/m1/s1. The minimum absolute atomic E-state index is 0.0649. The molecular formula is C8H10O2S. The van der Waals surface area contributed by atoms with Crippen molar-refractivity contribution in [3.8, 4) is 0 Å². The minimum atomic E-state index is -0.596. The second-order valence-corrected chi connectivity index (χ2v) is 4.10. The van der Waals surface area contributed by atoms with Gasteiger partial charge in [0.2, 0.25) is 5.12 Å². The van der Waals surface area contributed by atoms with E-state index < -0.39 is 4.75 Å². The number of hydrogen-bond acceptors (Lipinski definition) is 3. The second-order valence-electron chi connectivity index (χ2n) is 2.67. The van der Waals surface area contributed by atoms with Gasteiger partial charge in [0, 0.05) is 5.57 Å². The van der Waals surface area contributed by atoms with E-state index in [0.29, 0.717) is 5.57 Å². The van der Waals surface area contributed by atoms with Crippen molar-refractivity contribution in [2.75, 3.05) is 0 Å². The monoisotopic (exact) mass is 170 g/mol. The molecule has 0 aliphatic carbocycles. The topological polar surface area (TPSA) is 37.3 Å². The summed E-state index contributed by atoms with van der Waals surface area (Å²) in [6.07, 6.45) is 1.58. The Bertz CT molecular complexity index is 255. The molecule has 1 atom stereocenters. The van der Waals surface area contributed by atoms with E-state index >= 15 is 0 Å². The summed E-state index contributed by atoms with van der Waals surface area (Å²) in [5, 5.41) is 9.39. The first-order valence-corrected chi connectivity index (χ1v) is 4.10. The van der Waals surface area contributed by atoms with Crippen LogP contribution in [0.1, 0.15) is 13.8 Å². The Hall–Kier alpha value is -0.700. The van der Waals surface area contributed by atoms with Gasteiger partial charge in [-0.3, -0.25) is 4.79 Å². The highest BCUT2D eigenvalue weighted by Gasteiger charge is 2.39. The molecular weight excluding hydrogens is 160 g/mol. The quantitative estimate of drug-likeness (QED) is 0.612. The van der Waals surface area contributed by atoms with Gasteiger partial charge in [0.25, 0.3) is 0 Å². The van der Waals surface area contributed by atoms with E-state index in [1.54, 1.807) is 19.9 Å². The molecule has 1 aliphatic rings. The highest BCUT2D eigenvalue weighted by Crippen LogP contribution is 2.42. The number of thioether (sulfide) groups is 1. The van der Waals surface area contributed by atoms with Gasteiger partial charge in [-0.25, -0.2) is 0 Å². The third kappa shape index (κ3) is 1.09. The van der Waals surface area contributed by atoms with Crippen LogP contribution in [0.3, 0.4) is 0 Å². The Morgan fingerprint density at radius 3 is 2.45 bits per heavy atom. The summed E-state index contributed by atoms with van der Waals surface area (Å²) in [7, 11) is 0. The highest BCUT2D eigenvalue weighted by molar-refractivity contribution is 8.16. The SMILES string of the molecule is C=C[C@@]1(C)SC(=O)C(C)=C1O. The number of rotatable bonds is 1. The first-order chi connectivity index (χ1) is 5.01. The molecule has 0 saturated heterocycles. The Morgan fingerprint density at radius 2 is 2.27 bits per heavy atom. The number of aliphatic hydroxyl groups excluding tert-OH is 1. The fraction of sp³-hybridized carbons (Fsp3) is 0.375. The van der Waals surface area contributed by atoms with Crippen molar-refractivity contribution in [2.24, 2.45) is 0 Å². The smallest absolute Gasteiger partial charge is 0.219 e. The molecule has 0 aromatic heterocycles. The van der Waals surface area contributed by atoms with Crippen molar-refractivity contribution < 1.29 is 9.90 Å². The van der Waals surface area contributed by atoms with Gasteiger partial charge in [0.1, 0.15) is 5.76 Å². The van der Waals surface area contributed by atoms with Crippen LogP contribution in [-0.4, -0.2) is 15.0 Å². The molecule has 0 bridgehead atoms. The van der Waals surface area contributed by atoms with Crippen molar-refractivity contribution in [1.82, 2.24) is 0 Å². The van der Waals surface area contributed by atoms with E-state index in [1.807, 2.05) is 0 Å². The maximum atomic E-state index is 11.1. The Kier molecular flexibility index (Phi) is 1.84. The molecule has 0 unspecified atom stereocenters. The normalized spacial score (nSPS) is 31.3. The van der Waals surface area contributed by atoms with Crippen LogP contribution in [0.15, 0.2) is 24.0 Å². The lowest BCUT2D eigenvalue weighted by atomic mass is 10.1. The fourth-order valence-electron chi connectivity index (χ4n) is 0.925. The number of aliphatic hydroxyl groups is 1. The Labute approximate surface area is 70.0 Å². The van der Waals surface area contributed by atoms with Crippen molar-refractivity contribution in [2.45, 2.75) is 18.6 Å². The summed E-state index contributed by atoms with van der Waals surface area (Å²) >= 11 is 1.10. The molecule has 60 valence electrons. The van der Waals surface area contributed by atoms with Gasteiger partial charge in [-0.2, -0.15) is 0 Å². The molecule has 1 N–H and O–H groups in total. The summed E-state index contributed by atoms with van der Waals surface area (Å²) < 4.78 is -0.596. The predicted octanol–water partition coefficient (Wildman–Crippen LogP) is 2.04. The molecule has 1 aliphatic heterocycles. The molecule has 3 heteroatoms. The first-order valence-electron chi connectivity index (χ1n) is 3.28. The van der Waals surface area contributed by atoms with Crippen LogP contribution in [0.2, 0.25) is 0 Å². The molecule has 2 nitrogen and oxygen atoms in total. The molecule has 0 aromatic rings. The summed E-state index contributed by atoms with van der Waals surface area (Å²) in [5.74, 6) is 0.141. The molecule has 11 heavy (non-hydrogen) atoms. The van der Waals surface area contributed by atoms with Crippen LogP contribution >= 0.6 is 11.8 Å². The van der Waals surface area contributed by atoms with E-state index in [1.165, 1.54) is 0 Å². The van der Waals surface area contributed by atoms with Crippen molar-refractivity contribution in [3.63, 3.8) is 0 Å². The highest BCUT2D eigenvalue weighted by atomic mass is 32.2. The van der Waals surface area contributed by atoms with Gasteiger partial charge in [0.05, 0.1) is 4.75 Å². The summed E-state index contributed by atoms with van der Waals surface area (Å²) in [4.78, 5) is 11.1. The fourth-order valence-corrected chi connectivity index (χ4v) is 1.89. The molecule has 0 amide bonds. The first kappa shape index (κ1) is 8.40. The van der Waals surface area contributed by atoms with E-state index in [2.05, 4.69) is 6.58 Å². The average molecular weight is 170 g/mol. The van der Waals surface area contributed by atoms with Crippen LogP contribution in [-0.2, 0) is 4.79 Å². The van der Waals surface area contributed by atoms with Gasteiger partial charge >= 0.3 is 0 Å². The molecule has 0 spiro atoms. The summed E-state index contributed by atoms with van der Waals surface area (Å²) in [6, 6.07) is 0.